The molecule has 0 bridgehead atoms. The van der Waals surface area contributed by atoms with E-state index in [1.54, 1.807) is 11.8 Å². The fourth-order valence-electron chi connectivity index (χ4n) is 1.99. The topological polar surface area (TPSA) is 49.8 Å². The summed E-state index contributed by atoms with van der Waals surface area (Å²) in [5, 5.41) is 8.91. The SMILES string of the molecule is CC(OCc1ccccc1)C(=O)N1CC(CO)C1. The highest BCUT2D eigenvalue weighted by Gasteiger charge is 2.32. The van der Waals surface area contributed by atoms with E-state index in [4.69, 9.17) is 9.84 Å². The van der Waals surface area contributed by atoms with Crippen LogP contribution in [0.5, 0.6) is 0 Å². The van der Waals surface area contributed by atoms with Crippen LogP contribution in [0.3, 0.4) is 0 Å². The minimum absolute atomic E-state index is 0.00984. The van der Waals surface area contributed by atoms with Gasteiger partial charge in [-0.05, 0) is 12.5 Å². The van der Waals surface area contributed by atoms with Crippen molar-refractivity contribution in [3.8, 4) is 0 Å². The van der Waals surface area contributed by atoms with E-state index in [9.17, 15) is 4.79 Å². The number of hydrogen-bond donors (Lipinski definition) is 1. The number of carbonyl (C=O) groups is 1. The van der Waals surface area contributed by atoms with Gasteiger partial charge in [0.1, 0.15) is 6.10 Å². The van der Waals surface area contributed by atoms with Crippen molar-refractivity contribution < 1.29 is 14.6 Å². The lowest BCUT2D eigenvalue weighted by Crippen LogP contribution is -2.54. The maximum absolute atomic E-state index is 11.9. The number of aliphatic hydroxyl groups is 1. The summed E-state index contributed by atoms with van der Waals surface area (Å²) < 4.78 is 5.56. The molecule has 1 fully saturated rings. The van der Waals surface area contributed by atoms with Crippen LogP contribution in [-0.4, -0.2) is 41.7 Å². The molecule has 1 aromatic rings. The van der Waals surface area contributed by atoms with Crippen LogP contribution in [0.4, 0.5) is 0 Å². The number of hydrogen-bond acceptors (Lipinski definition) is 3. The first kappa shape index (κ1) is 13.1. The van der Waals surface area contributed by atoms with Gasteiger partial charge in [0.2, 0.25) is 0 Å². The number of likely N-dealkylation sites (tertiary alicyclic amines) is 1. The first-order valence-electron chi connectivity index (χ1n) is 6.26. The molecule has 4 heteroatoms. The summed E-state index contributed by atoms with van der Waals surface area (Å²) >= 11 is 0. The van der Waals surface area contributed by atoms with Gasteiger partial charge >= 0.3 is 0 Å². The highest BCUT2D eigenvalue weighted by molar-refractivity contribution is 5.81. The molecule has 1 N–H and O–H groups in total. The first-order chi connectivity index (χ1) is 8.70. The summed E-state index contributed by atoms with van der Waals surface area (Å²) in [4.78, 5) is 13.7. The van der Waals surface area contributed by atoms with Gasteiger partial charge < -0.3 is 14.7 Å². The number of carbonyl (C=O) groups excluding carboxylic acids is 1. The molecule has 1 unspecified atom stereocenters. The Bertz CT molecular complexity index is 387. The van der Waals surface area contributed by atoms with Crippen LogP contribution in [0, 0.1) is 5.92 Å². The maximum Gasteiger partial charge on any atom is 0.251 e. The molecule has 1 aromatic carbocycles. The molecule has 1 saturated heterocycles. The molecule has 98 valence electrons. The minimum Gasteiger partial charge on any atom is -0.396 e. The normalized spacial score (nSPS) is 17.3. The smallest absolute Gasteiger partial charge is 0.251 e. The zero-order chi connectivity index (χ0) is 13.0. The molecule has 4 nitrogen and oxygen atoms in total. The number of amides is 1. The number of nitrogens with zero attached hydrogens (tertiary/aromatic N) is 1. The minimum atomic E-state index is -0.426. The number of benzene rings is 1. The van der Waals surface area contributed by atoms with Gasteiger partial charge in [-0.1, -0.05) is 30.3 Å². The van der Waals surface area contributed by atoms with Gasteiger partial charge in [0.05, 0.1) is 6.61 Å². The average Bonchev–Trinajstić information content (AvgIpc) is 2.35. The Kier molecular flexibility index (Phi) is 4.33. The highest BCUT2D eigenvalue weighted by atomic mass is 16.5. The first-order valence-corrected chi connectivity index (χ1v) is 6.26. The predicted molar refractivity (Wildman–Crippen MR) is 67.8 cm³/mol. The van der Waals surface area contributed by atoms with Crippen molar-refractivity contribution in [1.29, 1.82) is 0 Å². The second-order valence-electron chi connectivity index (χ2n) is 4.73. The van der Waals surface area contributed by atoms with Crippen LogP contribution in [0.25, 0.3) is 0 Å². The molecule has 0 aromatic heterocycles. The van der Waals surface area contributed by atoms with Crippen LogP contribution >= 0.6 is 0 Å². The zero-order valence-electron chi connectivity index (χ0n) is 10.6. The molecule has 0 spiro atoms. The monoisotopic (exact) mass is 249 g/mol. The van der Waals surface area contributed by atoms with Gasteiger partial charge in [0, 0.05) is 25.6 Å². The molecule has 1 amide bonds. The molecule has 1 aliphatic heterocycles. The van der Waals surface area contributed by atoms with E-state index in [-0.39, 0.29) is 18.4 Å². The van der Waals surface area contributed by atoms with E-state index < -0.39 is 6.10 Å². The summed E-state index contributed by atoms with van der Waals surface area (Å²) in [6.45, 7) is 3.67. The molecule has 18 heavy (non-hydrogen) atoms. The van der Waals surface area contributed by atoms with Crippen molar-refractivity contribution >= 4 is 5.91 Å². The Hall–Kier alpha value is -1.39. The van der Waals surface area contributed by atoms with Crippen molar-refractivity contribution in [3.63, 3.8) is 0 Å². The van der Waals surface area contributed by atoms with Crippen LogP contribution in [0.2, 0.25) is 0 Å². The molecular weight excluding hydrogens is 230 g/mol. The molecule has 1 heterocycles. The van der Waals surface area contributed by atoms with Crippen LogP contribution in [0.15, 0.2) is 30.3 Å². The van der Waals surface area contributed by atoms with Crippen molar-refractivity contribution in [2.45, 2.75) is 19.6 Å². The van der Waals surface area contributed by atoms with Gasteiger partial charge in [-0.15, -0.1) is 0 Å². The molecule has 0 aliphatic carbocycles. The summed E-state index contributed by atoms with van der Waals surface area (Å²) in [6.07, 6.45) is -0.426. The second-order valence-corrected chi connectivity index (χ2v) is 4.73. The van der Waals surface area contributed by atoms with E-state index in [1.807, 2.05) is 30.3 Å². The summed E-state index contributed by atoms with van der Waals surface area (Å²) in [5.41, 5.74) is 1.06. The number of rotatable bonds is 5. The van der Waals surface area contributed by atoms with Crippen molar-refractivity contribution in [3.05, 3.63) is 35.9 Å². The van der Waals surface area contributed by atoms with E-state index in [1.165, 1.54) is 0 Å². The molecule has 1 atom stereocenters. The standard InChI is InChI=1S/C14H19NO3/c1-11(14(17)15-7-13(8-15)9-16)18-10-12-5-3-2-4-6-12/h2-6,11,13,16H,7-10H2,1H3. The molecule has 0 radical (unpaired) electrons. The van der Waals surface area contributed by atoms with E-state index in [0.717, 1.165) is 5.56 Å². The lowest BCUT2D eigenvalue weighted by Gasteiger charge is -2.39. The third-order valence-electron chi connectivity index (χ3n) is 3.22. The van der Waals surface area contributed by atoms with Crippen LogP contribution < -0.4 is 0 Å². The fraction of sp³-hybridized carbons (Fsp3) is 0.500. The van der Waals surface area contributed by atoms with Gasteiger partial charge in [0.15, 0.2) is 0 Å². The lowest BCUT2D eigenvalue weighted by molar-refractivity contribution is -0.150. The third-order valence-corrected chi connectivity index (χ3v) is 3.22. The zero-order valence-corrected chi connectivity index (χ0v) is 10.6. The second kappa shape index (κ2) is 5.98. The summed E-state index contributed by atoms with van der Waals surface area (Å²) in [5.74, 6) is 0.255. The molecule has 0 saturated carbocycles. The van der Waals surface area contributed by atoms with Gasteiger partial charge in [-0.25, -0.2) is 0 Å². The van der Waals surface area contributed by atoms with Gasteiger partial charge in [-0.3, -0.25) is 4.79 Å². The largest absolute Gasteiger partial charge is 0.396 e. The van der Waals surface area contributed by atoms with Crippen molar-refractivity contribution in [2.75, 3.05) is 19.7 Å². The van der Waals surface area contributed by atoms with E-state index in [2.05, 4.69) is 0 Å². The van der Waals surface area contributed by atoms with E-state index in [0.29, 0.717) is 19.7 Å². The summed E-state index contributed by atoms with van der Waals surface area (Å²) in [6, 6.07) is 9.80. The van der Waals surface area contributed by atoms with Crippen LogP contribution in [0.1, 0.15) is 12.5 Å². The average molecular weight is 249 g/mol. The lowest BCUT2D eigenvalue weighted by atomic mass is 10.0. The summed E-state index contributed by atoms with van der Waals surface area (Å²) in [7, 11) is 0. The Labute approximate surface area is 107 Å². The molecule has 1 aliphatic rings. The Morgan fingerprint density at radius 3 is 2.72 bits per heavy atom. The number of aliphatic hydroxyl groups excluding tert-OH is 1. The quantitative estimate of drug-likeness (QED) is 0.848. The third kappa shape index (κ3) is 3.09. The van der Waals surface area contributed by atoms with Crippen molar-refractivity contribution in [2.24, 2.45) is 5.92 Å². The Morgan fingerprint density at radius 1 is 1.44 bits per heavy atom. The predicted octanol–water partition coefficient (Wildman–Crippen LogP) is 1.04. The molecule has 2 rings (SSSR count). The van der Waals surface area contributed by atoms with Crippen molar-refractivity contribution in [1.82, 2.24) is 4.90 Å². The Morgan fingerprint density at radius 2 is 2.11 bits per heavy atom. The van der Waals surface area contributed by atoms with Gasteiger partial charge in [0.25, 0.3) is 5.91 Å². The Balaban J connectivity index is 1.75. The highest BCUT2D eigenvalue weighted by Crippen LogP contribution is 2.17. The fourth-order valence-corrected chi connectivity index (χ4v) is 1.99. The molecular formula is C14H19NO3. The van der Waals surface area contributed by atoms with Crippen LogP contribution in [-0.2, 0) is 16.1 Å². The number of ether oxygens (including phenoxy) is 1. The maximum atomic E-state index is 11.9. The van der Waals surface area contributed by atoms with Gasteiger partial charge in [-0.2, -0.15) is 0 Å². The van der Waals surface area contributed by atoms with E-state index >= 15 is 0 Å².